The Morgan fingerprint density at radius 3 is 1.50 bits per heavy atom. The Morgan fingerprint density at radius 2 is 1.40 bits per heavy atom. The van der Waals surface area contributed by atoms with Crippen LogP contribution in [-0.4, -0.2) is 8.07 Å². The summed E-state index contributed by atoms with van der Waals surface area (Å²) in [6, 6.07) is 1.36. The summed E-state index contributed by atoms with van der Waals surface area (Å²) in [5, 5.41) is 0. The number of hydrogen-bond acceptors (Lipinski definition) is 0. The van der Waals surface area contributed by atoms with Crippen molar-refractivity contribution < 1.29 is 0 Å². The second kappa shape index (κ2) is 3.38. The highest BCUT2D eigenvalue weighted by molar-refractivity contribution is 6.76. The Bertz CT molecular complexity index is 133. The van der Waals surface area contributed by atoms with E-state index in [1.807, 2.05) is 0 Å². The molecule has 0 aromatic heterocycles. The van der Waals surface area contributed by atoms with E-state index in [2.05, 4.69) is 40.4 Å². The van der Waals surface area contributed by atoms with Crippen LogP contribution < -0.4 is 0 Å². The molecule has 0 aliphatic rings. The lowest BCUT2D eigenvalue weighted by atomic mass is 10.2. The Labute approximate surface area is 66.4 Å². The van der Waals surface area contributed by atoms with Gasteiger partial charge in [0.25, 0.3) is 0 Å². The minimum atomic E-state index is -0.841. The maximum atomic E-state index is 2.42. The van der Waals surface area contributed by atoms with Gasteiger partial charge in [0.15, 0.2) is 0 Å². The Balaban J connectivity index is 4.06. The van der Waals surface area contributed by atoms with Crippen molar-refractivity contribution in [3.8, 4) is 0 Å². The fraction of sp³-hybridized carbons (Fsp3) is 0.778. The van der Waals surface area contributed by atoms with Crippen LogP contribution in [0, 0.1) is 0 Å². The zero-order valence-corrected chi connectivity index (χ0v) is 9.21. The molecule has 0 rings (SSSR count). The van der Waals surface area contributed by atoms with Crippen LogP contribution in [-0.2, 0) is 0 Å². The molecule has 0 unspecified atom stereocenters. The summed E-state index contributed by atoms with van der Waals surface area (Å²) in [6.45, 7) is 13.9. The van der Waals surface area contributed by atoms with Gasteiger partial charge in [0.2, 0.25) is 0 Å². The molecular formula is C9H20Si. The van der Waals surface area contributed by atoms with Gasteiger partial charge in [-0.3, -0.25) is 0 Å². The Hall–Kier alpha value is -0.0431. The highest BCUT2D eigenvalue weighted by Gasteiger charge is 2.13. The third-order valence-electron chi connectivity index (χ3n) is 1.65. The Kier molecular flexibility index (Phi) is 3.36. The second-order valence-electron chi connectivity index (χ2n) is 4.52. The van der Waals surface area contributed by atoms with E-state index in [1.165, 1.54) is 11.6 Å². The van der Waals surface area contributed by atoms with Crippen LogP contribution in [0.1, 0.15) is 20.8 Å². The molecule has 0 aromatic rings. The van der Waals surface area contributed by atoms with E-state index >= 15 is 0 Å². The predicted molar refractivity (Wildman–Crippen MR) is 52.2 cm³/mol. The fourth-order valence-electron chi connectivity index (χ4n) is 0.972. The molecule has 0 spiro atoms. The normalized spacial score (nSPS) is 11.4. The van der Waals surface area contributed by atoms with Gasteiger partial charge < -0.3 is 0 Å². The highest BCUT2D eigenvalue weighted by Crippen LogP contribution is 2.17. The van der Waals surface area contributed by atoms with Gasteiger partial charge in [0.05, 0.1) is 0 Å². The van der Waals surface area contributed by atoms with Gasteiger partial charge in [-0.05, 0) is 26.8 Å². The van der Waals surface area contributed by atoms with Crippen LogP contribution in [0.3, 0.4) is 0 Å². The van der Waals surface area contributed by atoms with Gasteiger partial charge in [0.1, 0.15) is 0 Å². The summed E-state index contributed by atoms with van der Waals surface area (Å²) in [4.78, 5) is 0. The molecule has 0 heterocycles. The molecule has 10 heavy (non-hydrogen) atoms. The summed E-state index contributed by atoms with van der Waals surface area (Å²) in [7, 11) is -0.841. The van der Waals surface area contributed by atoms with Gasteiger partial charge in [-0.25, -0.2) is 0 Å². The number of allylic oxidation sites excluding steroid dienone is 2. The number of hydrogen-bond donors (Lipinski definition) is 0. The van der Waals surface area contributed by atoms with E-state index in [-0.39, 0.29) is 0 Å². The van der Waals surface area contributed by atoms with Gasteiger partial charge in [-0.1, -0.05) is 30.8 Å². The molecule has 0 nitrogen and oxygen atoms in total. The van der Waals surface area contributed by atoms with E-state index < -0.39 is 8.07 Å². The lowest BCUT2D eigenvalue weighted by Gasteiger charge is -2.16. The second-order valence-corrected chi connectivity index (χ2v) is 9.99. The maximum absolute atomic E-state index is 2.42. The smallest absolute Gasteiger partial charge is 0.0483 e. The third-order valence-corrected chi connectivity index (χ3v) is 3.24. The van der Waals surface area contributed by atoms with Crippen LogP contribution in [0.15, 0.2) is 11.1 Å². The molecule has 0 fully saturated rings. The van der Waals surface area contributed by atoms with Crippen LogP contribution in [0.4, 0.5) is 0 Å². The lowest BCUT2D eigenvalue weighted by Crippen LogP contribution is -2.19. The first-order chi connectivity index (χ1) is 4.33. The van der Waals surface area contributed by atoms with E-state index in [9.17, 15) is 0 Å². The van der Waals surface area contributed by atoms with Crippen molar-refractivity contribution >= 4 is 8.07 Å². The van der Waals surface area contributed by atoms with E-state index in [4.69, 9.17) is 0 Å². The topological polar surface area (TPSA) is 0 Å². The van der Waals surface area contributed by atoms with Crippen LogP contribution in [0.25, 0.3) is 0 Å². The highest BCUT2D eigenvalue weighted by atomic mass is 28.3. The molecule has 0 saturated carbocycles. The minimum Gasteiger partial charge on any atom is -0.0778 e. The zero-order chi connectivity index (χ0) is 8.36. The summed E-state index contributed by atoms with van der Waals surface area (Å²) in [5.74, 6) is 0. The molecule has 0 radical (unpaired) electrons. The fourth-order valence-corrected chi connectivity index (χ4v) is 2.92. The first-order valence-electron chi connectivity index (χ1n) is 3.96. The molecule has 0 atom stereocenters. The lowest BCUT2D eigenvalue weighted by molar-refractivity contribution is 1.20. The van der Waals surface area contributed by atoms with E-state index in [1.54, 1.807) is 5.57 Å². The number of rotatable bonds is 2. The van der Waals surface area contributed by atoms with Crippen molar-refractivity contribution in [1.29, 1.82) is 0 Å². The van der Waals surface area contributed by atoms with E-state index in [0.717, 1.165) is 0 Å². The standard InChI is InChI=1S/C9H20Si/c1-8(2)9(3)7-10(4,5)6/h7H2,1-6H3. The summed E-state index contributed by atoms with van der Waals surface area (Å²) < 4.78 is 0. The Morgan fingerprint density at radius 1 is 1.00 bits per heavy atom. The predicted octanol–water partition coefficient (Wildman–Crippen LogP) is 3.68. The first-order valence-corrected chi connectivity index (χ1v) is 7.66. The summed E-state index contributed by atoms with van der Waals surface area (Å²) in [6.07, 6.45) is 0. The molecular weight excluding hydrogens is 136 g/mol. The van der Waals surface area contributed by atoms with Crippen molar-refractivity contribution in [1.82, 2.24) is 0 Å². The average molecular weight is 156 g/mol. The molecule has 1 heteroatoms. The largest absolute Gasteiger partial charge is 0.0778 e. The summed E-state index contributed by atoms with van der Waals surface area (Å²) in [5.41, 5.74) is 3.10. The average Bonchev–Trinajstić information content (AvgIpc) is 1.60. The first kappa shape index (κ1) is 9.96. The third kappa shape index (κ3) is 4.80. The van der Waals surface area contributed by atoms with Crippen molar-refractivity contribution in [2.24, 2.45) is 0 Å². The van der Waals surface area contributed by atoms with Gasteiger partial charge in [-0.15, -0.1) is 0 Å². The molecule has 0 aliphatic heterocycles. The monoisotopic (exact) mass is 156 g/mol. The zero-order valence-electron chi connectivity index (χ0n) is 8.21. The summed E-state index contributed by atoms with van der Waals surface area (Å²) >= 11 is 0. The molecule has 0 saturated heterocycles. The van der Waals surface area contributed by atoms with Crippen molar-refractivity contribution in [2.45, 2.75) is 46.5 Å². The van der Waals surface area contributed by atoms with Crippen LogP contribution >= 0.6 is 0 Å². The van der Waals surface area contributed by atoms with Crippen LogP contribution in [0.5, 0.6) is 0 Å². The van der Waals surface area contributed by atoms with Crippen LogP contribution in [0.2, 0.25) is 25.7 Å². The molecule has 0 bridgehead atoms. The maximum Gasteiger partial charge on any atom is 0.0483 e. The molecule has 60 valence electrons. The quantitative estimate of drug-likeness (QED) is 0.422. The molecule has 0 amide bonds. The van der Waals surface area contributed by atoms with Crippen molar-refractivity contribution in [3.63, 3.8) is 0 Å². The molecule has 0 aromatic carbocycles. The molecule has 0 N–H and O–H groups in total. The van der Waals surface area contributed by atoms with Gasteiger partial charge >= 0.3 is 0 Å². The van der Waals surface area contributed by atoms with Crippen molar-refractivity contribution in [3.05, 3.63) is 11.1 Å². The van der Waals surface area contributed by atoms with E-state index in [0.29, 0.717) is 0 Å². The van der Waals surface area contributed by atoms with Gasteiger partial charge in [0, 0.05) is 8.07 Å². The SMILES string of the molecule is CC(C)=C(C)C[Si](C)(C)C. The van der Waals surface area contributed by atoms with Gasteiger partial charge in [-0.2, -0.15) is 0 Å². The minimum absolute atomic E-state index is 0.841. The molecule has 0 aliphatic carbocycles. The van der Waals surface area contributed by atoms with Crippen molar-refractivity contribution in [2.75, 3.05) is 0 Å².